The lowest BCUT2D eigenvalue weighted by Crippen LogP contribution is -1.93. The fourth-order valence-electron chi connectivity index (χ4n) is 1.98. The highest BCUT2D eigenvalue weighted by molar-refractivity contribution is 7.99. The molecule has 0 N–H and O–H groups in total. The largest absolute Gasteiger partial charge is 0.303 e. The third kappa shape index (κ3) is 2.38. The first-order valence-electron chi connectivity index (χ1n) is 6.22. The maximum Gasteiger partial charge on any atom is 0.169 e. The van der Waals surface area contributed by atoms with Crippen molar-refractivity contribution >= 4 is 17.4 Å². The van der Waals surface area contributed by atoms with Crippen LogP contribution in [0, 0.1) is 11.3 Å². The van der Waals surface area contributed by atoms with E-state index in [9.17, 15) is 0 Å². The molecule has 1 aromatic carbocycles. The molecule has 4 nitrogen and oxygen atoms in total. The van der Waals surface area contributed by atoms with Crippen LogP contribution >= 0.6 is 11.8 Å². The molecule has 0 bridgehead atoms. The summed E-state index contributed by atoms with van der Waals surface area (Å²) in [5.74, 6) is 0. The molecular formula is C15H12N4S. The molecule has 1 atom stereocenters. The molecule has 0 saturated heterocycles. The number of fused-ring (bicyclic) bond motifs is 1. The molecule has 0 saturated carbocycles. The number of benzene rings is 1. The summed E-state index contributed by atoms with van der Waals surface area (Å²) in [6, 6.07) is 9.79. The van der Waals surface area contributed by atoms with E-state index in [0.717, 1.165) is 10.7 Å². The van der Waals surface area contributed by atoms with Crippen LogP contribution in [0.15, 0.2) is 54.1 Å². The summed E-state index contributed by atoms with van der Waals surface area (Å²) in [4.78, 5) is 8.73. The smallest absolute Gasteiger partial charge is 0.169 e. The molecule has 2 aromatic heterocycles. The van der Waals surface area contributed by atoms with Crippen LogP contribution in [0.4, 0.5) is 0 Å². The van der Waals surface area contributed by atoms with E-state index >= 15 is 0 Å². The second kappa shape index (κ2) is 5.35. The van der Waals surface area contributed by atoms with Gasteiger partial charge in [-0.05, 0) is 24.6 Å². The summed E-state index contributed by atoms with van der Waals surface area (Å²) in [5, 5.41) is 9.98. The minimum absolute atomic E-state index is 0.248. The van der Waals surface area contributed by atoms with Crippen molar-refractivity contribution in [3.63, 3.8) is 0 Å². The number of rotatable bonds is 3. The monoisotopic (exact) mass is 280 g/mol. The van der Waals surface area contributed by atoms with Gasteiger partial charge in [0.15, 0.2) is 5.65 Å². The molecule has 0 spiro atoms. The summed E-state index contributed by atoms with van der Waals surface area (Å²) in [7, 11) is 0. The first-order chi connectivity index (χ1) is 9.78. The maximum absolute atomic E-state index is 8.82. The van der Waals surface area contributed by atoms with Crippen LogP contribution in [0.25, 0.3) is 5.65 Å². The number of thioether (sulfide) groups is 1. The SMILES string of the molecule is CC(Sc1nccn2ccnc12)c1ccc(C#N)cc1. The van der Waals surface area contributed by atoms with Gasteiger partial charge in [-0.3, -0.25) is 0 Å². The van der Waals surface area contributed by atoms with Crippen molar-refractivity contribution in [2.24, 2.45) is 0 Å². The summed E-state index contributed by atoms with van der Waals surface area (Å²) < 4.78 is 1.96. The summed E-state index contributed by atoms with van der Waals surface area (Å²) in [6.07, 6.45) is 7.35. The van der Waals surface area contributed by atoms with Crippen molar-refractivity contribution < 1.29 is 0 Å². The standard InChI is InChI=1S/C15H12N4S/c1-11(13-4-2-12(10-16)3-5-13)20-15-14-17-6-8-19(14)9-7-18-15/h2-9,11H,1H3. The minimum Gasteiger partial charge on any atom is -0.303 e. The zero-order chi connectivity index (χ0) is 13.9. The lowest BCUT2D eigenvalue weighted by Gasteiger charge is -2.11. The molecule has 3 aromatic rings. The van der Waals surface area contributed by atoms with Crippen LogP contribution in [0.2, 0.25) is 0 Å². The number of nitriles is 1. The summed E-state index contributed by atoms with van der Waals surface area (Å²) >= 11 is 1.67. The predicted molar refractivity (Wildman–Crippen MR) is 78.4 cm³/mol. The Kier molecular flexibility index (Phi) is 3.40. The first kappa shape index (κ1) is 12.7. The number of imidazole rings is 1. The molecule has 0 aliphatic heterocycles. The van der Waals surface area contributed by atoms with E-state index in [1.165, 1.54) is 5.56 Å². The Hall–Kier alpha value is -2.32. The van der Waals surface area contributed by atoms with Crippen LogP contribution in [-0.2, 0) is 0 Å². The summed E-state index contributed by atoms with van der Waals surface area (Å²) in [5.41, 5.74) is 2.72. The number of hydrogen-bond acceptors (Lipinski definition) is 4. The maximum atomic E-state index is 8.82. The zero-order valence-electron chi connectivity index (χ0n) is 10.9. The topological polar surface area (TPSA) is 54.0 Å². The van der Waals surface area contributed by atoms with Crippen LogP contribution < -0.4 is 0 Å². The van der Waals surface area contributed by atoms with E-state index in [0.29, 0.717) is 5.56 Å². The Morgan fingerprint density at radius 1 is 1.15 bits per heavy atom. The number of hydrogen-bond donors (Lipinski definition) is 0. The molecule has 98 valence electrons. The summed E-state index contributed by atoms with van der Waals surface area (Å²) in [6.45, 7) is 2.13. The second-order valence-electron chi connectivity index (χ2n) is 4.38. The lowest BCUT2D eigenvalue weighted by atomic mass is 10.1. The third-order valence-corrected chi connectivity index (χ3v) is 4.21. The van der Waals surface area contributed by atoms with Gasteiger partial charge in [-0.1, -0.05) is 23.9 Å². The molecule has 1 unspecified atom stereocenters. The molecule has 2 heterocycles. The van der Waals surface area contributed by atoms with Gasteiger partial charge in [-0.25, -0.2) is 9.97 Å². The van der Waals surface area contributed by atoms with Gasteiger partial charge in [-0.2, -0.15) is 5.26 Å². The van der Waals surface area contributed by atoms with Gasteiger partial charge in [0.05, 0.1) is 11.6 Å². The third-order valence-electron chi connectivity index (χ3n) is 3.08. The zero-order valence-corrected chi connectivity index (χ0v) is 11.7. The highest BCUT2D eigenvalue weighted by Crippen LogP contribution is 2.35. The van der Waals surface area contributed by atoms with Gasteiger partial charge >= 0.3 is 0 Å². The Bertz CT molecular complexity index is 770. The van der Waals surface area contributed by atoms with Gasteiger partial charge < -0.3 is 4.40 Å². The van der Waals surface area contributed by atoms with Crippen molar-refractivity contribution in [1.82, 2.24) is 14.4 Å². The highest BCUT2D eigenvalue weighted by atomic mass is 32.2. The Morgan fingerprint density at radius 3 is 2.55 bits per heavy atom. The van der Waals surface area contributed by atoms with E-state index in [1.54, 1.807) is 24.2 Å². The Balaban J connectivity index is 1.86. The number of nitrogens with zero attached hydrogens (tertiary/aromatic N) is 4. The van der Waals surface area contributed by atoms with Crippen molar-refractivity contribution in [3.8, 4) is 6.07 Å². The van der Waals surface area contributed by atoms with Crippen LogP contribution in [0.3, 0.4) is 0 Å². The van der Waals surface area contributed by atoms with Gasteiger partial charge in [0, 0.05) is 30.0 Å². The fraction of sp³-hybridized carbons (Fsp3) is 0.133. The fourth-order valence-corrected chi connectivity index (χ4v) is 2.99. The van der Waals surface area contributed by atoms with Crippen LogP contribution in [0.1, 0.15) is 23.3 Å². The molecule has 5 heteroatoms. The predicted octanol–water partition coefficient (Wildman–Crippen LogP) is 3.45. The first-order valence-corrected chi connectivity index (χ1v) is 7.10. The van der Waals surface area contributed by atoms with E-state index in [1.807, 2.05) is 41.1 Å². The minimum atomic E-state index is 0.248. The molecule has 20 heavy (non-hydrogen) atoms. The van der Waals surface area contributed by atoms with E-state index in [2.05, 4.69) is 23.0 Å². The average Bonchev–Trinajstić information content (AvgIpc) is 2.97. The lowest BCUT2D eigenvalue weighted by molar-refractivity contribution is 1.01. The van der Waals surface area contributed by atoms with Crippen molar-refractivity contribution in [1.29, 1.82) is 5.26 Å². The van der Waals surface area contributed by atoms with E-state index in [4.69, 9.17) is 5.26 Å². The van der Waals surface area contributed by atoms with Crippen molar-refractivity contribution in [3.05, 3.63) is 60.2 Å². The molecule has 0 fully saturated rings. The van der Waals surface area contributed by atoms with Crippen LogP contribution in [0.5, 0.6) is 0 Å². The van der Waals surface area contributed by atoms with Crippen LogP contribution in [-0.4, -0.2) is 14.4 Å². The van der Waals surface area contributed by atoms with E-state index < -0.39 is 0 Å². The van der Waals surface area contributed by atoms with E-state index in [-0.39, 0.29) is 5.25 Å². The molecule has 3 rings (SSSR count). The molecule has 0 aliphatic rings. The normalized spacial score (nSPS) is 12.2. The van der Waals surface area contributed by atoms with Gasteiger partial charge in [0.1, 0.15) is 5.03 Å². The molecule has 0 amide bonds. The molecular weight excluding hydrogens is 268 g/mol. The quantitative estimate of drug-likeness (QED) is 0.689. The second-order valence-corrected chi connectivity index (χ2v) is 5.71. The highest BCUT2D eigenvalue weighted by Gasteiger charge is 2.12. The van der Waals surface area contributed by atoms with Crippen molar-refractivity contribution in [2.75, 3.05) is 0 Å². The van der Waals surface area contributed by atoms with Gasteiger partial charge in [-0.15, -0.1) is 0 Å². The Labute approximate surface area is 121 Å². The number of aromatic nitrogens is 3. The van der Waals surface area contributed by atoms with Gasteiger partial charge in [0.25, 0.3) is 0 Å². The van der Waals surface area contributed by atoms with Crippen molar-refractivity contribution in [2.45, 2.75) is 17.2 Å². The Morgan fingerprint density at radius 2 is 1.85 bits per heavy atom. The van der Waals surface area contributed by atoms with Gasteiger partial charge in [0.2, 0.25) is 0 Å². The average molecular weight is 280 g/mol. The molecule has 0 radical (unpaired) electrons. The molecule has 0 aliphatic carbocycles.